The van der Waals surface area contributed by atoms with Crippen molar-refractivity contribution >= 4 is 11.8 Å². The van der Waals surface area contributed by atoms with E-state index in [9.17, 15) is 14.0 Å². The van der Waals surface area contributed by atoms with Crippen LogP contribution in [0.2, 0.25) is 0 Å². The number of ether oxygens (including phenoxy) is 3. The van der Waals surface area contributed by atoms with Gasteiger partial charge in [-0.25, -0.2) is 4.39 Å². The second-order valence-corrected chi connectivity index (χ2v) is 8.30. The molecule has 2 aromatic rings. The van der Waals surface area contributed by atoms with Crippen LogP contribution in [0.1, 0.15) is 12.8 Å². The summed E-state index contributed by atoms with van der Waals surface area (Å²) in [6.45, 7) is 2.98. The number of amides is 2. The fourth-order valence-electron chi connectivity index (χ4n) is 4.22. The molecular formula is C25H29FN2O5. The smallest absolute Gasteiger partial charge is 0.260 e. The van der Waals surface area contributed by atoms with Crippen LogP contribution in [0.5, 0.6) is 11.5 Å². The van der Waals surface area contributed by atoms with Gasteiger partial charge in [-0.2, -0.15) is 0 Å². The standard InChI is InChI=1S/C25H29FN2O5/c26-20-5-4-8-22(16-20)32-18-25(30)28-10-9-23(33-21-6-2-1-3-7-21)19(17-28)15-24(29)27-11-13-31-14-12-27/h1-8,16,19,23H,9-15,17-18H2/t19-,23-/m0/s1. The predicted octanol–water partition coefficient (Wildman–Crippen LogP) is 2.75. The van der Waals surface area contributed by atoms with E-state index in [0.29, 0.717) is 58.0 Å². The van der Waals surface area contributed by atoms with E-state index in [-0.39, 0.29) is 30.4 Å². The van der Waals surface area contributed by atoms with Crippen LogP contribution in [0, 0.1) is 11.7 Å². The number of morpholine rings is 1. The van der Waals surface area contributed by atoms with Gasteiger partial charge in [0.15, 0.2) is 6.61 Å². The number of benzene rings is 2. The van der Waals surface area contributed by atoms with Crippen molar-refractivity contribution in [2.24, 2.45) is 5.92 Å². The summed E-state index contributed by atoms with van der Waals surface area (Å²) in [5, 5.41) is 0. The second kappa shape index (κ2) is 11.1. The van der Waals surface area contributed by atoms with Crippen LogP contribution in [-0.2, 0) is 14.3 Å². The first-order chi connectivity index (χ1) is 16.1. The molecule has 0 N–H and O–H groups in total. The zero-order valence-electron chi connectivity index (χ0n) is 18.5. The molecule has 7 nitrogen and oxygen atoms in total. The van der Waals surface area contributed by atoms with E-state index in [1.165, 1.54) is 18.2 Å². The van der Waals surface area contributed by atoms with Crippen LogP contribution in [0.15, 0.2) is 54.6 Å². The van der Waals surface area contributed by atoms with Gasteiger partial charge in [0.1, 0.15) is 23.4 Å². The molecule has 2 saturated heterocycles. The third-order valence-corrected chi connectivity index (χ3v) is 6.01. The van der Waals surface area contributed by atoms with E-state index in [4.69, 9.17) is 14.2 Å². The van der Waals surface area contributed by atoms with Gasteiger partial charge in [-0.1, -0.05) is 24.3 Å². The molecule has 0 radical (unpaired) electrons. The van der Waals surface area contributed by atoms with Gasteiger partial charge in [0.05, 0.1) is 13.2 Å². The fourth-order valence-corrected chi connectivity index (χ4v) is 4.22. The average molecular weight is 457 g/mol. The first-order valence-electron chi connectivity index (χ1n) is 11.3. The minimum Gasteiger partial charge on any atom is -0.490 e. The van der Waals surface area contributed by atoms with Crippen molar-refractivity contribution < 1.29 is 28.2 Å². The maximum Gasteiger partial charge on any atom is 0.260 e. The molecule has 2 aliphatic heterocycles. The number of rotatable bonds is 7. The van der Waals surface area contributed by atoms with Crippen molar-refractivity contribution in [2.75, 3.05) is 46.0 Å². The van der Waals surface area contributed by atoms with Gasteiger partial charge < -0.3 is 24.0 Å². The summed E-state index contributed by atoms with van der Waals surface area (Å²) in [5.41, 5.74) is 0. The van der Waals surface area contributed by atoms with Crippen LogP contribution in [-0.4, -0.2) is 73.7 Å². The SMILES string of the molecule is O=C(C[C@H]1CN(C(=O)COc2cccc(F)c2)CC[C@@H]1Oc1ccccc1)N1CCOCC1. The molecule has 2 amide bonds. The molecule has 2 aromatic carbocycles. The molecule has 0 aliphatic carbocycles. The van der Waals surface area contributed by atoms with Crippen molar-refractivity contribution in [2.45, 2.75) is 18.9 Å². The number of carbonyl (C=O) groups is 2. The Morgan fingerprint density at radius 1 is 0.939 bits per heavy atom. The van der Waals surface area contributed by atoms with Crippen molar-refractivity contribution in [1.82, 2.24) is 9.80 Å². The highest BCUT2D eigenvalue weighted by molar-refractivity contribution is 5.79. The highest BCUT2D eigenvalue weighted by atomic mass is 19.1. The van der Waals surface area contributed by atoms with Gasteiger partial charge in [-0.3, -0.25) is 9.59 Å². The monoisotopic (exact) mass is 456 g/mol. The number of halogens is 1. The first kappa shape index (κ1) is 23.0. The van der Waals surface area contributed by atoms with Crippen LogP contribution < -0.4 is 9.47 Å². The normalized spacial score (nSPS) is 20.9. The zero-order chi connectivity index (χ0) is 23.0. The lowest BCUT2D eigenvalue weighted by atomic mass is 9.90. The average Bonchev–Trinajstić information content (AvgIpc) is 2.85. The van der Waals surface area contributed by atoms with Crippen LogP contribution in [0.3, 0.4) is 0 Å². The Bertz CT molecular complexity index is 935. The molecule has 0 spiro atoms. The highest BCUT2D eigenvalue weighted by Crippen LogP contribution is 2.27. The molecule has 0 aromatic heterocycles. The number of likely N-dealkylation sites (tertiary alicyclic amines) is 1. The predicted molar refractivity (Wildman–Crippen MR) is 119 cm³/mol. The second-order valence-electron chi connectivity index (χ2n) is 8.30. The summed E-state index contributed by atoms with van der Waals surface area (Å²) in [6, 6.07) is 15.2. The molecule has 0 bridgehead atoms. The summed E-state index contributed by atoms with van der Waals surface area (Å²) < 4.78 is 30.4. The van der Waals surface area contributed by atoms with Gasteiger partial charge in [0, 0.05) is 51.0 Å². The lowest BCUT2D eigenvalue weighted by Crippen LogP contribution is -2.51. The molecule has 33 heavy (non-hydrogen) atoms. The lowest BCUT2D eigenvalue weighted by Gasteiger charge is -2.39. The first-order valence-corrected chi connectivity index (χ1v) is 11.3. The van der Waals surface area contributed by atoms with E-state index < -0.39 is 5.82 Å². The van der Waals surface area contributed by atoms with E-state index in [2.05, 4.69) is 0 Å². The van der Waals surface area contributed by atoms with E-state index in [1.54, 1.807) is 11.0 Å². The third kappa shape index (κ3) is 6.44. The lowest BCUT2D eigenvalue weighted by molar-refractivity contribution is -0.142. The van der Waals surface area contributed by atoms with Gasteiger partial charge in [-0.15, -0.1) is 0 Å². The van der Waals surface area contributed by atoms with Gasteiger partial charge in [0.2, 0.25) is 5.91 Å². The molecule has 0 saturated carbocycles. The van der Waals surface area contributed by atoms with Crippen LogP contribution in [0.25, 0.3) is 0 Å². The number of hydrogen-bond acceptors (Lipinski definition) is 5. The maximum atomic E-state index is 13.4. The summed E-state index contributed by atoms with van der Waals surface area (Å²) in [6.07, 6.45) is 0.735. The molecule has 4 rings (SSSR count). The van der Waals surface area contributed by atoms with Gasteiger partial charge in [0.25, 0.3) is 5.91 Å². The summed E-state index contributed by atoms with van der Waals surface area (Å²) >= 11 is 0. The summed E-state index contributed by atoms with van der Waals surface area (Å²) in [7, 11) is 0. The minimum absolute atomic E-state index is 0.0512. The molecule has 2 fully saturated rings. The van der Waals surface area contributed by atoms with Crippen LogP contribution in [0.4, 0.5) is 4.39 Å². The van der Waals surface area contributed by atoms with Crippen molar-refractivity contribution in [3.63, 3.8) is 0 Å². The molecule has 176 valence electrons. The van der Waals surface area contributed by atoms with Crippen LogP contribution >= 0.6 is 0 Å². The fraction of sp³-hybridized carbons (Fsp3) is 0.440. The topological polar surface area (TPSA) is 68.3 Å². The quantitative estimate of drug-likeness (QED) is 0.641. The van der Waals surface area contributed by atoms with E-state index in [0.717, 1.165) is 5.75 Å². The molecule has 2 atom stereocenters. The number of piperidine rings is 1. The Kier molecular flexibility index (Phi) is 7.78. The summed E-state index contributed by atoms with van der Waals surface area (Å²) in [4.78, 5) is 29.3. The van der Waals surface area contributed by atoms with Crippen molar-refractivity contribution in [3.8, 4) is 11.5 Å². The van der Waals surface area contributed by atoms with E-state index in [1.807, 2.05) is 35.2 Å². The maximum absolute atomic E-state index is 13.4. The molecule has 2 aliphatic rings. The Hall–Kier alpha value is -3.13. The van der Waals surface area contributed by atoms with Gasteiger partial charge >= 0.3 is 0 Å². The molecular weight excluding hydrogens is 427 g/mol. The van der Waals surface area contributed by atoms with E-state index >= 15 is 0 Å². The minimum atomic E-state index is -0.416. The van der Waals surface area contributed by atoms with Gasteiger partial charge in [-0.05, 0) is 24.3 Å². The number of para-hydroxylation sites is 1. The zero-order valence-corrected chi connectivity index (χ0v) is 18.5. The van der Waals surface area contributed by atoms with Crippen molar-refractivity contribution in [1.29, 1.82) is 0 Å². The van der Waals surface area contributed by atoms with Crippen molar-refractivity contribution in [3.05, 3.63) is 60.4 Å². The third-order valence-electron chi connectivity index (χ3n) is 6.01. The Morgan fingerprint density at radius 2 is 1.70 bits per heavy atom. The highest BCUT2D eigenvalue weighted by Gasteiger charge is 2.35. The Labute approximate surface area is 193 Å². The molecule has 0 unspecified atom stereocenters. The Morgan fingerprint density at radius 3 is 2.45 bits per heavy atom. The molecule has 8 heteroatoms. The largest absolute Gasteiger partial charge is 0.490 e. The molecule has 2 heterocycles. The number of nitrogens with zero attached hydrogens (tertiary/aromatic N) is 2. The Balaban J connectivity index is 1.39. The number of hydrogen-bond donors (Lipinski definition) is 0. The number of carbonyl (C=O) groups excluding carboxylic acids is 2. The summed E-state index contributed by atoms with van der Waals surface area (Å²) in [5.74, 6) is 0.356.